The van der Waals surface area contributed by atoms with Crippen LogP contribution in [0.3, 0.4) is 0 Å². The Labute approximate surface area is 142 Å². The lowest BCUT2D eigenvalue weighted by Gasteiger charge is -2.07. The molecule has 1 amide bonds. The first kappa shape index (κ1) is 15.2. The molecule has 4 rings (SSSR count). The van der Waals surface area contributed by atoms with Gasteiger partial charge in [0.15, 0.2) is 5.82 Å². The van der Waals surface area contributed by atoms with Gasteiger partial charge in [0.1, 0.15) is 0 Å². The summed E-state index contributed by atoms with van der Waals surface area (Å²) in [5, 5.41) is 13.9. The fourth-order valence-corrected chi connectivity index (χ4v) is 2.90. The molecule has 0 aliphatic heterocycles. The second kappa shape index (κ2) is 5.93. The zero-order chi connectivity index (χ0) is 17.4. The van der Waals surface area contributed by atoms with Gasteiger partial charge < -0.3 is 0 Å². The summed E-state index contributed by atoms with van der Waals surface area (Å²) in [6.45, 7) is 1.79. The standard InChI is InChI=1S/C16H15N7O2/c1-9-20-21-22-23(9)11-7-5-10(6-8-11)14(24)18-16-17-13-4-2-3-12(13)15(25)19-16/h5-8H,2-4H2,1H3,(H2,17,18,19,24,25). The van der Waals surface area contributed by atoms with Gasteiger partial charge >= 0.3 is 0 Å². The van der Waals surface area contributed by atoms with E-state index < -0.39 is 0 Å². The van der Waals surface area contributed by atoms with Crippen molar-refractivity contribution in [3.05, 3.63) is 57.3 Å². The molecule has 0 radical (unpaired) electrons. The number of carbonyl (C=O) groups is 1. The molecular formula is C16H15N7O2. The second-order valence-corrected chi connectivity index (χ2v) is 5.83. The third kappa shape index (κ3) is 2.80. The SMILES string of the molecule is Cc1nnnn1-c1ccc(C(=O)Nc2nc3c(c(=O)[nH]2)CCC3)cc1. The first-order valence-corrected chi connectivity index (χ1v) is 7.90. The minimum absolute atomic E-state index is 0.177. The molecule has 126 valence electrons. The van der Waals surface area contributed by atoms with Gasteiger partial charge in [-0.25, -0.2) is 4.98 Å². The van der Waals surface area contributed by atoms with E-state index in [-0.39, 0.29) is 17.4 Å². The molecule has 0 fully saturated rings. The van der Waals surface area contributed by atoms with Gasteiger partial charge in [-0.1, -0.05) is 0 Å². The molecule has 9 heteroatoms. The number of carbonyl (C=O) groups excluding carboxylic acids is 1. The monoisotopic (exact) mass is 337 g/mol. The number of H-pyrrole nitrogens is 1. The minimum Gasteiger partial charge on any atom is -0.292 e. The Kier molecular flexibility index (Phi) is 3.60. The normalized spacial score (nSPS) is 12.8. The Bertz CT molecular complexity index is 1000. The summed E-state index contributed by atoms with van der Waals surface area (Å²) in [4.78, 5) is 31.3. The molecule has 0 saturated heterocycles. The van der Waals surface area contributed by atoms with E-state index in [2.05, 4.69) is 30.8 Å². The number of nitrogens with one attached hydrogen (secondary N) is 2. The molecule has 0 saturated carbocycles. The molecule has 0 bridgehead atoms. The molecule has 0 atom stereocenters. The fraction of sp³-hybridized carbons (Fsp3) is 0.250. The number of aromatic amines is 1. The molecule has 25 heavy (non-hydrogen) atoms. The van der Waals surface area contributed by atoms with Gasteiger partial charge in [-0.2, -0.15) is 4.68 Å². The van der Waals surface area contributed by atoms with Crippen molar-refractivity contribution in [3.63, 3.8) is 0 Å². The van der Waals surface area contributed by atoms with Crippen LogP contribution in [0, 0.1) is 6.92 Å². The number of aryl methyl sites for hydroxylation is 2. The van der Waals surface area contributed by atoms with Crippen LogP contribution in [0.4, 0.5) is 5.95 Å². The predicted octanol–water partition coefficient (Wildman–Crippen LogP) is 0.795. The van der Waals surface area contributed by atoms with E-state index in [0.717, 1.165) is 36.2 Å². The molecule has 0 spiro atoms. The zero-order valence-electron chi connectivity index (χ0n) is 13.5. The maximum atomic E-state index is 12.4. The summed E-state index contributed by atoms with van der Waals surface area (Å²) in [5.41, 5.74) is 2.51. The average molecular weight is 337 g/mol. The van der Waals surface area contributed by atoms with Crippen molar-refractivity contribution >= 4 is 11.9 Å². The molecule has 2 heterocycles. The number of benzene rings is 1. The van der Waals surface area contributed by atoms with Crippen LogP contribution in [-0.4, -0.2) is 36.1 Å². The molecule has 1 aliphatic rings. The highest BCUT2D eigenvalue weighted by Gasteiger charge is 2.18. The summed E-state index contributed by atoms with van der Waals surface area (Å²) in [6.07, 6.45) is 2.42. The number of nitrogens with zero attached hydrogens (tertiary/aromatic N) is 5. The highest BCUT2D eigenvalue weighted by molar-refractivity contribution is 6.03. The summed E-state index contributed by atoms with van der Waals surface area (Å²) in [5.74, 6) is 0.481. The van der Waals surface area contributed by atoms with Gasteiger partial charge in [0.2, 0.25) is 5.95 Å². The van der Waals surface area contributed by atoms with Gasteiger partial charge in [-0.3, -0.25) is 19.9 Å². The number of hydrogen-bond donors (Lipinski definition) is 2. The molecule has 2 aromatic heterocycles. The van der Waals surface area contributed by atoms with E-state index in [1.54, 1.807) is 35.9 Å². The van der Waals surface area contributed by atoms with Crippen molar-refractivity contribution in [2.75, 3.05) is 5.32 Å². The Morgan fingerprint density at radius 1 is 1.24 bits per heavy atom. The van der Waals surface area contributed by atoms with E-state index in [9.17, 15) is 9.59 Å². The molecule has 2 N–H and O–H groups in total. The third-order valence-corrected chi connectivity index (χ3v) is 4.17. The Balaban J connectivity index is 1.55. The fourth-order valence-electron chi connectivity index (χ4n) is 2.90. The third-order valence-electron chi connectivity index (χ3n) is 4.17. The molecule has 0 unspecified atom stereocenters. The van der Waals surface area contributed by atoms with E-state index in [1.807, 2.05) is 0 Å². The highest BCUT2D eigenvalue weighted by atomic mass is 16.2. The molecule has 1 aromatic carbocycles. The Hall–Kier alpha value is -3.36. The van der Waals surface area contributed by atoms with Gasteiger partial charge in [0, 0.05) is 11.1 Å². The van der Waals surface area contributed by atoms with Crippen molar-refractivity contribution in [2.24, 2.45) is 0 Å². The number of tetrazole rings is 1. The van der Waals surface area contributed by atoms with Gasteiger partial charge in [0.05, 0.1) is 11.4 Å². The number of rotatable bonds is 3. The smallest absolute Gasteiger partial charge is 0.257 e. The molecule has 9 nitrogen and oxygen atoms in total. The second-order valence-electron chi connectivity index (χ2n) is 5.83. The first-order chi connectivity index (χ1) is 12.1. The minimum atomic E-state index is -0.346. The Morgan fingerprint density at radius 2 is 2.04 bits per heavy atom. The summed E-state index contributed by atoms with van der Waals surface area (Å²) in [6, 6.07) is 6.82. The lowest BCUT2D eigenvalue weighted by atomic mass is 10.2. The molecular weight excluding hydrogens is 322 g/mol. The quantitative estimate of drug-likeness (QED) is 0.729. The molecule has 1 aliphatic carbocycles. The first-order valence-electron chi connectivity index (χ1n) is 7.90. The van der Waals surface area contributed by atoms with E-state index in [1.165, 1.54) is 0 Å². The van der Waals surface area contributed by atoms with Crippen LogP contribution in [0.15, 0.2) is 29.1 Å². The van der Waals surface area contributed by atoms with Crippen molar-refractivity contribution in [1.29, 1.82) is 0 Å². The topological polar surface area (TPSA) is 118 Å². The number of hydrogen-bond acceptors (Lipinski definition) is 6. The number of aromatic nitrogens is 6. The van der Waals surface area contributed by atoms with Crippen LogP contribution in [0.25, 0.3) is 5.69 Å². The van der Waals surface area contributed by atoms with Crippen LogP contribution < -0.4 is 10.9 Å². The van der Waals surface area contributed by atoms with Crippen LogP contribution in [0.5, 0.6) is 0 Å². The van der Waals surface area contributed by atoms with E-state index >= 15 is 0 Å². The number of fused-ring (bicyclic) bond motifs is 1. The molecule has 3 aromatic rings. The van der Waals surface area contributed by atoms with Crippen molar-refractivity contribution in [1.82, 2.24) is 30.2 Å². The van der Waals surface area contributed by atoms with E-state index in [0.29, 0.717) is 11.4 Å². The van der Waals surface area contributed by atoms with Gasteiger partial charge in [0.25, 0.3) is 11.5 Å². The maximum Gasteiger partial charge on any atom is 0.257 e. The van der Waals surface area contributed by atoms with Crippen LogP contribution in [-0.2, 0) is 12.8 Å². The summed E-state index contributed by atoms with van der Waals surface area (Å²) < 4.78 is 1.57. The number of amides is 1. The Morgan fingerprint density at radius 3 is 2.76 bits per heavy atom. The summed E-state index contributed by atoms with van der Waals surface area (Å²) in [7, 11) is 0. The predicted molar refractivity (Wildman–Crippen MR) is 88.7 cm³/mol. The van der Waals surface area contributed by atoms with Crippen molar-refractivity contribution in [3.8, 4) is 5.69 Å². The summed E-state index contributed by atoms with van der Waals surface area (Å²) >= 11 is 0. The lowest BCUT2D eigenvalue weighted by Crippen LogP contribution is -2.21. The van der Waals surface area contributed by atoms with Crippen LogP contribution in [0.2, 0.25) is 0 Å². The zero-order valence-corrected chi connectivity index (χ0v) is 13.5. The largest absolute Gasteiger partial charge is 0.292 e. The van der Waals surface area contributed by atoms with Gasteiger partial charge in [-0.05, 0) is 60.9 Å². The van der Waals surface area contributed by atoms with E-state index in [4.69, 9.17) is 0 Å². The van der Waals surface area contributed by atoms with Crippen LogP contribution in [0.1, 0.15) is 33.9 Å². The van der Waals surface area contributed by atoms with Gasteiger partial charge in [-0.15, -0.1) is 5.10 Å². The van der Waals surface area contributed by atoms with Crippen molar-refractivity contribution in [2.45, 2.75) is 26.2 Å². The highest BCUT2D eigenvalue weighted by Crippen LogP contribution is 2.17. The van der Waals surface area contributed by atoms with Crippen LogP contribution >= 0.6 is 0 Å². The van der Waals surface area contributed by atoms with Crippen molar-refractivity contribution < 1.29 is 4.79 Å². The maximum absolute atomic E-state index is 12.4. The average Bonchev–Trinajstić information content (AvgIpc) is 3.24. The lowest BCUT2D eigenvalue weighted by molar-refractivity contribution is 0.102. The number of anilines is 1.